The molecule has 1 heterocycles. The number of carbonyl (C=O) groups is 1. The highest BCUT2D eigenvalue weighted by molar-refractivity contribution is 9.10. The third-order valence-corrected chi connectivity index (χ3v) is 4.94. The maximum atomic E-state index is 12.5. The Labute approximate surface area is 122 Å². The number of hydrogen-bond donors (Lipinski definition) is 1. The van der Waals surface area contributed by atoms with E-state index in [1.54, 1.807) is 0 Å². The summed E-state index contributed by atoms with van der Waals surface area (Å²) in [7, 11) is 0. The summed E-state index contributed by atoms with van der Waals surface area (Å²) >= 11 is 3.42. The average Bonchev–Trinajstić information content (AvgIpc) is 2.80. The molecule has 1 aromatic carbocycles. The van der Waals surface area contributed by atoms with E-state index in [4.69, 9.17) is 5.73 Å². The van der Waals surface area contributed by atoms with Gasteiger partial charge in [0, 0.05) is 29.2 Å². The van der Waals surface area contributed by atoms with Crippen LogP contribution in [0.5, 0.6) is 0 Å². The molecule has 0 aromatic heterocycles. The first-order chi connectivity index (χ1) is 9.13. The molecule has 102 valence electrons. The van der Waals surface area contributed by atoms with Crippen molar-refractivity contribution in [3.8, 4) is 0 Å². The predicted octanol–water partition coefficient (Wildman–Crippen LogP) is 2.65. The maximum Gasteiger partial charge on any atom is 0.253 e. The number of nitrogens with two attached hydrogens (primary N) is 1. The van der Waals surface area contributed by atoms with Gasteiger partial charge in [-0.05, 0) is 49.3 Å². The van der Waals surface area contributed by atoms with Crippen molar-refractivity contribution in [1.29, 1.82) is 0 Å². The van der Waals surface area contributed by atoms with Crippen molar-refractivity contribution in [3.05, 3.63) is 34.3 Å². The van der Waals surface area contributed by atoms with E-state index in [2.05, 4.69) is 15.9 Å². The number of benzene rings is 1. The predicted molar refractivity (Wildman–Crippen MR) is 78.9 cm³/mol. The Kier molecular flexibility index (Phi) is 3.63. The van der Waals surface area contributed by atoms with Gasteiger partial charge in [-0.3, -0.25) is 4.79 Å². The standard InChI is InChI=1S/C15H19BrN2O/c16-13-3-1-2-10(6-13)15(19)18-8-11-4-5-14(17)7-12(11)9-18/h1-3,6,11-12,14H,4-5,7-9,17H2/t11-,12+,14?/m1/s1. The summed E-state index contributed by atoms with van der Waals surface area (Å²) in [4.78, 5) is 14.5. The Morgan fingerprint density at radius 1 is 1.26 bits per heavy atom. The number of nitrogens with zero attached hydrogens (tertiary/aromatic N) is 1. The van der Waals surface area contributed by atoms with Gasteiger partial charge in [0.2, 0.25) is 0 Å². The van der Waals surface area contributed by atoms with E-state index in [-0.39, 0.29) is 5.91 Å². The number of amides is 1. The van der Waals surface area contributed by atoms with Gasteiger partial charge in [0.05, 0.1) is 0 Å². The van der Waals surface area contributed by atoms with Crippen LogP contribution in [0.25, 0.3) is 0 Å². The number of likely N-dealkylation sites (tertiary alicyclic amines) is 1. The van der Waals surface area contributed by atoms with Gasteiger partial charge in [-0.15, -0.1) is 0 Å². The topological polar surface area (TPSA) is 46.3 Å². The highest BCUT2D eigenvalue weighted by Gasteiger charge is 2.38. The first-order valence-electron chi connectivity index (χ1n) is 6.94. The summed E-state index contributed by atoms with van der Waals surface area (Å²) in [5.74, 6) is 1.43. The lowest BCUT2D eigenvalue weighted by atomic mass is 9.79. The Bertz CT molecular complexity index is 491. The molecule has 1 unspecified atom stereocenters. The lowest BCUT2D eigenvalue weighted by Gasteiger charge is -2.27. The molecule has 4 heteroatoms. The summed E-state index contributed by atoms with van der Waals surface area (Å²) in [6.07, 6.45) is 3.36. The Morgan fingerprint density at radius 2 is 2.05 bits per heavy atom. The van der Waals surface area contributed by atoms with Crippen molar-refractivity contribution in [2.24, 2.45) is 17.6 Å². The molecular weight excluding hydrogens is 304 g/mol. The van der Waals surface area contributed by atoms with E-state index < -0.39 is 0 Å². The Morgan fingerprint density at radius 3 is 2.84 bits per heavy atom. The van der Waals surface area contributed by atoms with Crippen LogP contribution in [0.15, 0.2) is 28.7 Å². The summed E-state index contributed by atoms with van der Waals surface area (Å²) < 4.78 is 0.956. The van der Waals surface area contributed by atoms with Crippen LogP contribution in [0.1, 0.15) is 29.6 Å². The monoisotopic (exact) mass is 322 g/mol. The zero-order valence-corrected chi connectivity index (χ0v) is 12.5. The van der Waals surface area contributed by atoms with Crippen LogP contribution in [-0.2, 0) is 0 Å². The van der Waals surface area contributed by atoms with Gasteiger partial charge in [0.1, 0.15) is 0 Å². The van der Waals surface area contributed by atoms with Crippen molar-refractivity contribution in [1.82, 2.24) is 4.90 Å². The molecule has 1 saturated carbocycles. The normalized spacial score (nSPS) is 30.2. The zero-order chi connectivity index (χ0) is 13.4. The number of rotatable bonds is 1. The van der Waals surface area contributed by atoms with Crippen LogP contribution >= 0.6 is 15.9 Å². The van der Waals surface area contributed by atoms with Gasteiger partial charge in [0.15, 0.2) is 0 Å². The molecule has 1 amide bonds. The number of carbonyl (C=O) groups excluding carboxylic acids is 1. The molecule has 3 nitrogen and oxygen atoms in total. The molecular formula is C15H19BrN2O. The highest BCUT2D eigenvalue weighted by Crippen LogP contribution is 2.36. The fourth-order valence-electron chi connectivity index (χ4n) is 3.44. The minimum absolute atomic E-state index is 0.157. The minimum atomic E-state index is 0.157. The van der Waals surface area contributed by atoms with Crippen LogP contribution in [0.3, 0.4) is 0 Å². The second-order valence-corrected chi connectivity index (χ2v) is 6.73. The minimum Gasteiger partial charge on any atom is -0.338 e. The molecule has 0 radical (unpaired) electrons. The van der Waals surface area contributed by atoms with Crippen molar-refractivity contribution in [3.63, 3.8) is 0 Å². The summed E-state index contributed by atoms with van der Waals surface area (Å²) in [6, 6.07) is 7.98. The Balaban J connectivity index is 1.72. The van der Waals surface area contributed by atoms with E-state index in [0.717, 1.165) is 36.0 Å². The molecule has 3 atom stereocenters. The van der Waals surface area contributed by atoms with Crippen LogP contribution in [0, 0.1) is 11.8 Å². The second kappa shape index (κ2) is 5.25. The molecule has 1 aliphatic heterocycles. The van der Waals surface area contributed by atoms with E-state index >= 15 is 0 Å². The zero-order valence-electron chi connectivity index (χ0n) is 10.9. The van der Waals surface area contributed by atoms with Gasteiger partial charge < -0.3 is 10.6 Å². The van der Waals surface area contributed by atoms with Crippen molar-refractivity contribution < 1.29 is 4.79 Å². The fourth-order valence-corrected chi connectivity index (χ4v) is 3.84. The van der Waals surface area contributed by atoms with Crippen molar-refractivity contribution in [2.75, 3.05) is 13.1 Å². The van der Waals surface area contributed by atoms with Gasteiger partial charge in [-0.2, -0.15) is 0 Å². The summed E-state index contributed by atoms with van der Waals surface area (Å²) in [5.41, 5.74) is 6.81. The van der Waals surface area contributed by atoms with E-state index in [1.165, 1.54) is 6.42 Å². The van der Waals surface area contributed by atoms with Crippen LogP contribution in [0.2, 0.25) is 0 Å². The molecule has 19 heavy (non-hydrogen) atoms. The molecule has 2 fully saturated rings. The second-order valence-electron chi connectivity index (χ2n) is 5.81. The molecule has 1 saturated heterocycles. The molecule has 0 bridgehead atoms. The van der Waals surface area contributed by atoms with E-state index in [0.29, 0.717) is 17.9 Å². The highest BCUT2D eigenvalue weighted by atomic mass is 79.9. The maximum absolute atomic E-state index is 12.5. The average molecular weight is 323 g/mol. The van der Waals surface area contributed by atoms with Gasteiger partial charge in [0.25, 0.3) is 5.91 Å². The lowest BCUT2D eigenvalue weighted by Crippen LogP contribution is -2.32. The third-order valence-electron chi connectivity index (χ3n) is 4.45. The number of hydrogen-bond acceptors (Lipinski definition) is 2. The Hall–Kier alpha value is -0.870. The van der Waals surface area contributed by atoms with Gasteiger partial charge in [-0.1, -0.05) is 22.0 Å². The van der Waals surface area contributed by atoms with E-state index in [9.17, 15) is 4.79 Å². The smallest absolute Gasteiger partial charge is 0.253 e. The SMILES string of the molecule is NC1CC[C@@H]2CN(C(=O)c3cccc(Br)c3)C[C@@H]2C1. The number of fused-ring (bicyclic) bond motifs is 1. The van der Waals surface area contributed by atoms with Crippen LogP contribution in [0.4, 0.5) is 0 Å². The number of halogens is 1. The van der Waals surface area contributed by atoms with E-state index in [1.807, 2.05) is 29.2 Å². The molecule has 2 N–H and O–H groups in total. The summed E-state index contributed by atoms with van der Waals surface area (Å²) in [5, 5.41) is 0. The first kappa shape index (κ1) is 13.1. The van der Waals surface area contributed by atoms with Crippen LogP contribution in [-0.4, -0.2) is 29.9 Å². The fraction of sp³-hybridized carbons (Fsp3) is 0.533. The lowest BCUT2D eigenvalue weighted by molar-refractivity contribution is 0.0784. The third kappa shape index (κ3) is 2.70. The largest absolute Gasteiger partial charge is 0.338 e. The molecule has 1 aromatic rings. The van der Waals surface area contributed by atoms with Gasteiger partial charge >= 0.3 is 0 Å². The quantitative estimate of drug-likeness (QED) is 0.864. The van der Waals surface area contributed by atoms with Gasteiger partial charge in [-0.25, -0.2) is 0 Å². The van der Waals surface area contributed by atoms with Crippen molar-refractivity contribution in [2.45, 2.75) is 25.3 Å². The van der Waals surface area contributed by atoms with Crippen molar-refractivity contribution >= 4 is 21.8 Å². The molecule has 3 rings (SSSR count). The first-order valence-corrected chi connectivity index (χ1v) is 7.73. The molecule has 2 aliphatic rings. The summed E-state index contributed by atoms with van der Waals surface area (Å²) in [6.45, 7) is 1.78. The molecule has 1 aliphatic carbocycles. The molecule has 0 spiro atoms. The van der Waals surface area contributed by atoms with Crippen LogP contribution < -0.4 is 5.73 Å².